The summed E-state index contributed by atoms with van der Waals surface area (Å²) in [6, 6.07) is 8.88. The Kier molecular flexibility index (Phi) is 11.2. The number of benzene rings is 2. The van der Waals surface area contributed by atoms with Crippen molar-refractivity contribution in [3.8, 4) is 11.6 Å². The lowest BCUT2D eigenvalue weighted by atomic mass is 10.3. The van der Waals surface area contributed by atoms with Gasteiger partial charge in [0.15, 0.2) is 25.4 Å². The molecule has 0 atom stereocenters. The monoisotopic (exact) mass is 668 g/mol. The van der Waals surface area contributed by atoms with Crippen molar-refractivity contribution in [2.24, 2.45) is 10.2 Å². The van der Waals surface area contributed by atoms with Crippen LogP contribution in [-0.2, 0) is 48.4 Å². The molecular formula is C21H24N4O13S4. The van der Waals surface area contributed by atoms with Gasteiger partial charge in [0.1, 0.15) is 5.69 Å². The molecule has 3 rings (SSSR count). The lowest BCUT2D eigenvalue weighted by Crippen LogP contribution is -2.15. The first-order chi connectivity index (χ1) is 19.7. The van der Waals surface area contributed by atoms with Gasteiger partial charge in [-0.1, -0.05) is 5.04 Å². The first-order valence-electron chi connectivity index (χ1n) is 11.3. The molecule has 3 N–H and O–H groups in total. The van der Waals surface area contributed by atoms with Gasteiger partial charge in [-0.05, 0) is 49.4 Å². The zero-order valence-electron chi connectivity index (χ0n) is 21.7. The van der Waals surface area contributed by atoms with Gasteiger partial charge in [0.05, 0.1) is 62.8 Å². The van der Waals surface area contributed by atoms with Crippen molar-refractivity contribution in [2.45, 2.75) is 21.6 Å². The Morgan fingerprint density at radius 3 is 2.17 bits per heavy atom. The number of aryl methyl sites for hydroxylation is 1. The maximum Gasteiger partial charge on any atom is 0.397 e. The van der Waals surface area contributed by atoms with E-state index in [1.165, 1.54) is 56.5 Å². The highest BCUT2D eigenvalue weighted by molar-refractivity contribution is 7.95. The highest BCUT2D eigenvalue weighted by Crippen LogP contribution is 2.37. The van der Waals surface area contributed by atoms with E-state index in [9.17, 15) is 30.4 Å². The van der Waals surface area contributed by atoms with Crippen molar-refractivity contribution in [1.29, 1.82) is 0 Å². The molecule has 0 saturated carbocycles. The Morgan fingerprint density at radius 2 is 1.55 bits per heavy atom. The molecule has 0 saturated heterocycles. The summed E-state index contributed by atoms with van der Waals surface area (Å²) in [4.78, 5) is -0.166. The molecule has 0 radical (unpaired) electrons. The molecule has 3 aromatic rings. The van der Waals surface area contributed by atoms with E-state index in [0.29, 0.717) is 12.0 Å². The van der Waals surface area contributed by atoms with E-state index >= 15 is 0 Å². The quantitative estimate of drug-likeness (QED) is 0.0693. The van der Waals surface area contributed by atoms with Crippen LogP contribution >= 0.6 is 12.0 Å². The van der Waals surface area contributed by atoms with Gasteiger partial charge in [0.2, 0.25) is 5.88 Å². The Bertz CT molecular complexity index is 1760. The number of rotatable bonds is 15. The van der Waals surface area contributed by atoms with Crippen LogP contribution in [0.3, 0.4) is 0 Å². The lowest BCUT2D eigenvalue weighted by Gasteiger charge is -2.08. The topological polar surface area (TPSA) is 243 Å². The van der Waals surface area contributed by atoms with E-state index in [0.717, 1.165) is 4.68 Å². The first-order valence-corrected chi connectivity index (χ1v) is 16.8. The van der Waals surface area contributed by atoms with E-state index in [1.54, 1.807) is 0 Å². The third-order valence-electron chi connectivity index (χ3n) is 5.29. The second-order valence-electron chi connectivity index (χ2n) is 8.10. The number of sulfone groups is 2. The number of azo groups is 1. The molecule has 1 aromatic heterocycles. The summed E-state index contributed by atoms with van der Waals surface area (Å²) in [6.45, 7) is 0.695. The molecule has 0 bridgehead atoms. The molecule has 0 amide bonds. The molecule has 0 spiro atoms. The molecule has 0 fully saturated rings. The van der Waals surface area contributed by atoms with E-state index < -0.39 is 48.3 Å². The van der Waals surface area contributed by atoms with Crippen molar-refractivity contribution in [2.75, 3.05) is 31.8 Å². The average Bonchev–Trinajstić information content (AvgIpc) is 3.21. The smallest absolute Gasteiger partial charge is 0.397 e. The number of aromatic hydroxyl groups is 1. The van der Waals surface area contributed by atoms with Crippen LogP contribution in [0.15, 0.2) is 67.4 Å². The lowest BCUT2D eigenvalue weighted by molar-refractivity contribution is -0.432. The Morgan fingerprint density at radius 1 is 0.929 bits per heavy atom. The van der Waals surface area contributed by atoms with Crippen molar-refractivity contribution in [3.63, 3.8) is 0 Å². The zero-order chi connectivity index (χ0) is 31.1. The summed E-state index contributed by atoms with van der Waals surface area (Å²) < 4.78 is 94.0. The minimum Gasteiger partial charge on any atom is -0.492 e. The van der Waals surface area contributed by atoms with Crippen LogP contribution in [0.25, 0.3) is 5.69 Å². The van der Waals surface area contributed by atoms with Gasteiger partial charge in [-0.15, -0.1) is 14.6 Å². The average molecular weight is 669 g/mol. The van der Waals surface area contributed by atoms with E-state index in [2.05, 4.69) is 28.9 Å². The van der Waals surface area contributed by atoms with Crippen molar-refractivity contribution >= 4 is 53.5 Å². The molecule has 0 aliphatic heterocycles. The number of hydrogen-bond donors (Lipinski definition) is 3. The van der Waals surface area contributed by atoms with Crippen molar-refractivity contribution < 1.29 is 58.5 Å². The second kappa shape index (κ2) is 14.0. The third kappa shape index (κ3) is 8.76. The summed E-state index contributed by atoms with van der Waals surface area (Å²) in [5.74, 6) is -1.47. The predicted molar refractivity (Wildman–Crippen MR) is 145 cm³/mol. The van der Waals surface area contributed by atoms with Gasteiger partial charge in [-0.2, -0.15) is 18.2 Å². The summed E-state index contributed by atoms with van der Waals surface area (Å²) in [5.41, 5.74) is 0.474. The highest BCUT2D eigenvalue weighted by Gasteiger charge is 2.20. The van der Waals surface area contributed by atoms with Gasteiger partial charge in [0.25, 0.3) is 0 Å². The number of methoxy groups -OCH3 is 1. The molecule has 230 valence electrons. The Labute approximate surface area is 244 Å². The second-order valence-corrected chi connectivity index (χ2v) is 14.2. The summed E-state index contributed by atoms with van der Waals surface area (Å²) >= 11 is 0.452. The van der Waals surface area contributed by atoms with E-state index in [-0.39, 0.29) is 49.8 Å². The standard InChI is InChI=1S/C21H24N4O13S4/c1-14-20(23-22-18-8-7-17(13-19(18)39-38-37-27)41(30,31)11-9-35-2)21(26)25(24-14)15-3-5-16(6-4-15)40(28,29)12-10-36-42(32,33)34/h3-8,13,26-27H,9-12H2,1-2H3,(H,32,33,34). The SMILES string of the molecule is COCCS(=O)(=O)c1ccc(N=Nc2c(C)nn(-c3ccc(S(=O)(=O)CCOS(=O)(=O)O)cc3)c2O)c(SOOO)c1. The number of hydrogen-bond acceptors (Lipinski definition) is 16. The van der Waals surface area contributed by atoms with Crippen LogP contribution in [0.2, 0.25) is 0 Å². The van der Waals surface area contributed by atoms with Crippen molar-refractivity contribution in [1.82, 2.24) is 9.78 Å². The number of ether oxygens (including phenoxy) is 1. The third-order valence-corrected chi connectivity index (χ3v) is 9.76. The summed E-state index contributed by atoms with van der Waals surface area (Å²) in [6.07, 6.45) is 0. The summed E-state index contributed by atoms with van der Waals surface area (Å²) in [5, 5.41) is 35.1. The normalized spacial score (nSPS) is 12.8. The minimum absolute atomic E-state index is 0.0321. The fourth-order valence-corrected chi connectivity index (χ4v) is 6.50. The number of nitrogens with zero attached hydrogens (tertiary/aromatic N) is 4. The van der Waals surface area contributed by atoms with Crippen LogP contribution in [0.5, 0.6) is 5.88 Å². The van der Waals surface area contributed by atoms with Gasteiger partial charge < -0.3 is 9.84 Å². The van der Waals surface area contributed by atoms with Gasteiger partial charge in [-0.3, -0.25) is 4.55 Å². The molecule has 2 aromatic carbocycles. The van der Waals surface area contributed by atoms with Crippen molar-refractivity contribution in [3.05, 3.63) is 48.2 Å². The van der Waals surface area contributed by atoms with Gasteiger partial charge >= 0.3 is 10.4 Å². The molecular weight excluding hydrogens is 645 g/mol. The summed E-state index contributed by atoms with van der Waals surface area (Å²) in [7, 11) is -11.1. The largest absolute Gasteiger partial charge is 0.492 e. The highest BCUT2D eigenvalue weighted by atomic mass is 32.3. The zero-order valence-corrected chi connectivity index (χ0v) is 25.0. The molecule has 21 heteroatoms. The maximum absolute atomic E-state index is 12.5. The van der Waals surface area contributed by atoms with Gasteiger partial charge in [-0.25, -0.2) is 26.3 Å². The fourth-order valence-electron chi connectivity index (χ4n) is 3.27. The number of aromatic nitrogens is 2. The molecule has 0 unspecified atom stereocenters. The molecule has 0 aliphatic carbocycles. The maximum atomic E-state index is 12.5. The molecule has 1 heterocycles. The Balaban J connectivity index is 1.87. The van der Waals surface area contributed by atoms with E-state index in [1.807, 2.05) is 0 Å². The Hall–Kier alpha value is -2.99. The van der Waals surface area contributed by atoms with Crippen LogP contribution < -0.4 is 0 Å². The van der Waals surface area contributed by atoms with Crippen LogP contribution in [0.1, 0.15) is 5.69 Å². The van der Waals surface area contributed by atoms with Crippen LogP contribution in [-0.4, -0.2) is 81.8 Å². The first kappa shape index (κ1) is 33.5. The fraction of sp³-hybridized carbons (Fsp3) is 0.286. The van der Waals surface area contributed by atoms with Gasteiger partial charge in [0, 0.05) is 7.11 Å². The van der Waals surface area contributed by atoms with Crippen LogP contribution in [0, 0.1) is 6.92 Å². The predicted octanol–water partition coefficient (Wildman–Crippen LogP) is 2.74. The minimum atomic E-state index is -4.79. The molecule has 0 aliphatic rings. The van der Waals surface area contributed by atoms with E-state index in [4.69, 9.17) is 14.5 Å². The molecule has 42 heavy (non-hydrogen) atoms. The van der Waals surface area contributed by atoms with Crippen LogP contribution in [0.4, 0.5) is 11.4 Å². The molecule has 17 nitrogen and oxygen atoms in total.